The summed E-state index contributed by atoms with van der Waals surface area (Å²) >= 11 is 7.43. The SMILES string of the molecule is N#CC1(NC(=O)c2cccc(CCl)c2)CCSC1. The van der Waals surface area contributed by atoms with Gasteiger partial charge in [-0.25, -0.2) is 0 Å². The van der Waals surface area contributed by atoms with Gasteiger partial charge in [-0.15, -0.1) is 11.6 Å². The summed E-state index contributed by atoms with van der Waals surface area (Å²) in [5, 5.41) is 12.1. The van der Waals surface area contributed by atoms with Crippen molar-refractivity contribution < 1.29 is 4.79 Å². The normalized spacial score (nSPS) is 22.4. The molecule has 1 unspecified atom stereocenters. The minimum atomic E-state index is -0.710. The Morgan fingerprint density at radius 1 is 1.61 bits per heavy atom. The molecule has 0 saturated carbocycles. The third-order valence-corrected chi connectivity index (χ3v) is 4.43. The van der Waals surface area contributed by atoms with Crippen molar-refractivity contribution in [3.8, 4) is 6.07 Å². The molecule has 1 saturated heterocycles. The first-order valence-electron chi connectivity index (χ1n) is 5.65. The molecule has 0 spiro atoms. The number of halogens is 1. The fourth-order valence-electron chi connectivity index (χ4n) is 1.86. The van der Waals surface area contributed by atoms with E-state index in [0.29, 0.717) is 23.6 Å². The highest BCUT2D eigenvalue weighted by atomic mass is 35.5. The van der Waals surface area contributed by atoms with Crippen molar-refractivity contribution in [3.63, 3.8) is 0 Å². The maximum Gasteiger partial charge on any atom is 0.252 e. The van der Waals surface area contributed by atoms with Crippen LogP contribution >= 0.6 is 23.4 Å². The molecule has 2 rings (SSSR count). The Bertz CT molecular complexity index is 492. The summed E-state index contributed by atoms with van der Waals surface area (Å²) < 4.78 is 0. The Hall–Kier alpha value is -1.18. The van der Waals surface area contributed by atoms with Gasteiger partial charge in [0.15, 0.2) is 0 Å². The minimum Gasteiger partial charge on any atom is -0.333 e. The van der Waals surface area contributed by atoms with E-state index in [1.807, 2.05) is 6.07 Å². The maximum absolute atomic E-state index is 12.1. The van der Waals surface area contributed by atoms with E-state index in [-0.39, 0.29) is 5.91 Å². The lowest BCUT2D eigenvalue weighted by Gasteiger charge is -2.21. The number of nitrogens with one attached hydrogen (secondary N) is 1. The Labute approximate surface area is 116 Å². The number of alkyl halides is 1. The van der Waals surface area contributed by atoms with E-state index in [2.05, 4.69) is 11.4 Å². The number of thioether (sulfide) groups is 1. The molecule has 1 fully saturated rings. The Balaban J connectivity index is 2.14. The van der Waals surface area contributed by atoms with Crippen LogP contribution in [0, 0.1) is 11.3 Å². The number of carbonyl (C=O) groups excluding carboxylic acids is 1. The van der Waals surface area contributed by atoms with Gasteiger partial charge in [-0.05, 0) is 29.9 Å². The number of rotatable bonds is 3. The van der Waals surface area contributed by atoms with Crippen molar-refractivity contribution in [1.29, 1.82) is 5.26 Å². The van der Waals surface area contributed by atoms with Crippen molar-refractivity contribution in [1.82, 2.24) is 5.32 Å². The van der Waals surface area contributed by atoms with Crippen LogP contribution in [0.5, 0.6) is 0 Å². The molecule has 1 N–H and O–H groups in total. The largest absolute Gasteiger partial charge is 0.333 e. The van der Waals surface area contributed by atoms with E-state index in [0.717, 1.165) is 11.3 Å². The van der Waals surface area contributed by atoms with Gasteiger partial charge in [0, 0.05) is 17.2 Å². The Morgan fingerprint density at radius 3 is 3.06 bits per heavy atom. The molecule has 1 aromatic carbocycles. The van der Waals surface area contributed by atoms with Crippen LogP contribution in [0.15, 0.2) is 24.3 Å². The monoisotopic (exact) mass is 280 g/mol. The second kappa shape index (κ2) is 5.64. The molecule has 0 aromatic heterocycles. The lowest BCUT2D eigenvalue weighted by molar-refractivity contribution is 0.0926. The molecule has 5 heteroatoms. The molecule has 1 atom stereocenters. The summed E-state index contributed by atoms with van der Waals surface area (Å²) in [6.45, 7) is 0. The van der Waals surface area contributed by atoms with Gasteiger partial charge in [0.25, 0.3) is 5.91 Å². The van der Waals surface area contributed by atoms with E-state index in [4.69, 9.17) is 11.6 Å². The molecular weight excluding hydrogens is 268 g/mol. The molecule has 18 heavy (non-hydrogen) atoms. The molecule has 1 aliphatic heterocycles. The van der Waals surface area contributed by atoms with Crippen molar-refractivity contribution in [2.24, 2.45) is 0 Å². The molecular formula is C13H13ClN2OS. The van der Waals surface area contributed by atoms with Gasteiger partial charge >= 0.3 is 0 Å². The molecule has 0 radical (unpaired) electrons. The number of nitriles is 1. The van der Waals surface area contributed by atoms with Gasteiger partial charge < -0.3 is 5.32 Å². The van der Waals surface area contributed by atoms with Crippen molar-refractivity contribution in [3.05, 3.63) is 35.4 Å². The van der Waals surface area contributed by atoms with Crippen LogP contribution < -0.4 is 5.32 Å². The average Bonchev–Trinajstić information content (AvgIpc) is 2.88. The summed E-state index contributed by atoms with van der Waals surface area (Å²) in [5.41, 5.74) is 0.745. The van der Waals surface area contributed by atoms with Gasteiger partial charge in [0.1, 0.15) is 5.54 Å². The number of hydrogen-bond acceptors (Lipinski definition) is 3. The van der Waals surface area contributed by atoms with E-state index < -0.39 is 5.54 Å². The van der Waals surface area contributed by atoms with Crippen molar-refractivity contribution >= 4 is 29.3 Å². The van der Waals surface area contributed by atoms with Crippen LogP contribution in [0.2, 0.25) is 0 Å². The van der Waals surface area contributed by atoms with E-state index >= 15 is 0 Å². The first-order valence-corrected chi connectivity index (χ1v) is 7.34. The van der Waals surface area contributed by atoms with Crippen LogP contribution in [-0.2, 0) is 5.88 Å². The molecule has 0 aliphatic carbocycles. The summed E-state index contributed by atoms with van der Waals surface area (Å²) in [6.07, 6.45) is 0.703. The minimum absolute atomic E-state index is 0.203. The lowest BCUT2D eigenvalue weighted by atomic mass is 10.00. The molecule has 3 nitrogen and oxygen atoms in total. The number of amides is 1. The number of benzene rings is 1. The van der Waals surface area contributed by atoms with E-state index in [9.17, 15) is 10.1 Å². The summed E-state index contributed by atoms with van der Waals surface area (Å²) in [7, 11) is 0. The van der Waals surface area contributed by atoms with Crippen LogP contribution in [0.25, 0.3) is 0 Å². The molecule has 94 valence electrons. The van der Waals surface area contributed by atoms with Gasteiger partial charge in [-0.2, -0.15) is 17.0 Å². The highest BCUT2D eigenvalue weighted by Gasteiger charge is 2.36. The highest BCUT2D eigenvalue weighted by molar-refractivity contribution is 7.99. The molecule has 1 aromatic rings. The second-order valence-corrected chi connectivity index (χ2v) is 5.66. The van der Waals surface area contributed by atoms with Gasteiger partial charge in [0.2, 0.25) is 0 Å². The second-order valence-electron chi connectivity index (χ2n) is 4.28. The van der Waals surface area contributed by atoms with Gasteiger partial charge in [-0.3, -0.25) is 4.79 Å². The van der Waals surface area contributed by atoms with E-state index in [1.54, 1.807) is 30.0 Å². The van der Waals surface area contributed by atoms with Crippen LogP contribution in [-0.4, -0.2) is 23.0 Å². The first kappa shape index (κ1) is 13.3. The molecule has 0 bridgehead atoms. The third kappa shape index (κ3) is 2.80. The quantitative estimate of drug-likeness (QED) is 0.866. The predicted molar refractivity (Wildman–Crippen MR) is 73.8 cm³/mol. The smallest absolute Gasteiger partial charge is 0.252 e. The number of hydrogen-bond donors (Lipinski definition) is 1. The van der Waals surface area contributed by atoms with Crippen molar-refractivity contribution in [2.45, 2.75) is 17.8 Å². The van der Waals surface area contributed by atoms with E-state index in [1.165, 1.54) is 0 Å². The topological polar surface area (TPSA) is 52.9 Å². The molecule has 1 aliphatic rings. The van der Waals surface area contributed by atoms with Crippen LogP contribution in [0.4, 0.5) is 0 Å². The van der Waals surface area contributed by atoms with Crippen LogP contribution in [0.1, 0.15) is 22.3 Å². The number of nitrogens with zero attached hydrogens (tertiary/aromatic N) is 1. The zero-order valence-electron chi connectivity index (χ0n) is 9.78. The van der Waals surface area contributed by atoms with Crippen molar-refractivity contribution in [2.75, 3.05) is 11.5 Å². The fraction of sp³-hybridized carbons (Fsp3) is 0.385. The zero-order chi connectivity index (χ0) is 13.0. The predicted octanol–water partition coefficient (Wildman–Crippen LogP) is 2.55. The Kier molecular flexibility index (Phi) is 4.15. The van der Waals surface area contributed by atoms with Crippen LogP contribution in [0.3, 0.4) is 0 Å². The Morgan fingerprint density at radius 2 is 2.44 bits per heavy atom. The van der Waals surface area contributed by atoms with Gasteiger partial charge in [0.05, 0.1) is 6.07 Å². The van der Waals surface area contributed by atoms with Gasteiger partial charge in [-0.1, -0.05) is 12.1 Å². The summed E-state index contributed by atoms with van der Waals surface area (Å²) in [4.78, 5) is 12.1. The third-order valence-electron chi connectivity index (χ3n) is 2.93. The first-order chi connectivity index (χ1) is 8.69. The standard InChI is InChI=1S/C13H13ClN2OS/c14-7-10-2-1-3-11(6-10)12(17)16-13(8-15)4-5-18-9-13/h1-3,6H,4-5,7,9H2,(H,16,17). The summed E-state index contributed by atoms with van der Waals surface area (Å²) in [5.74, 6) is 1.74. The maximum atomic E-state index is 12.1. The fourth-order valence-corrected chi connectivity index (χ4v) is 3.30. The lowest BCUT2D eigenvalue weighted by Crippen LogP contribution is -2.47. The molecule has 1 amide bonds. The zero-order valence-corrected chi connectivity index (χ0v) is 11.4. The number of carbonyl (C=O) groups is 1. The average molecular weight is 281 g/mol. The molecule has 1 heterocycles. The summed E-state index contributed by atoms with van der Waals surface area (Å²) in [6, 6.07) is 9.39. The highest BCUT2D eigenvalue weighted by Crippen LogP contribution is 2.27.